The standard InChI is InChI=1S/C20H21BF2O8/c1-26-11-28-17-5-3-15(22)7-13(17)9-19(24)30-21-31-20(25)10-14-8-16(23)4-6-18(14)29-12-27-2/h3-8,21H,9-12H2,1-2H3. The maximum atomic E-state index is 13.5. The molecule has 0 aromatic heterocycles. The minimum absolute atomic E-state index is 0.0819. The van der Waals surface area contributed by atoms with Crippen LogP contribution in [0.5, 0.6) is 11.5 Å². The Kier molecular flexibility index (Phi) is 9.72. The van der Waals surface area contributed by atoms with E-state index in [0.29, 0.717) is 0 Å². The van der Waals surface area contributed by atoms with E-state index in [1.165, 1.54) is 38.5 Å². The second kappa shape index (κ2) is 12.5. The number of carbonyl (C=O) groups excluding carboxylic acids is 2. The minimum atomic E-state index is -0.768. The Hall–Kier alpha value is -3.18. The van der Waals surface area contributed by atoms with Gasteiger partial charge in [-0.05, 0) is 36.4 Å². The Balaban J connectivity index is 1.86. The van der Waals surface area contributed by atoms with Gasteiger partial charge in [0.05, 0.1) is 12.8 Å². The molecule has 0 unspecified atom stereocenters. The van der Waals surface area contributed by atoms with Crippen LogP contribution in [0.25, 0.3) is 0 Å². The smallest absolute Gasteiger partial charge is 0.502 e. The van der Waals surface area contributed by atoms with E-state index in [9.17, 15) is 18.4 Å². The van der Waals surface area contributed by atoms with Crippen LogP contribution in [0.1, 0.15) is 11.1 Å². The lowest BCUT2D eigenvalue weighted by atomic mass is 10.1. The molecule has 11 heteroatoms. The van der Waals surface area contributed by atoms with Crippen LogP contribution in [0.3, 0.4) is 0 Å². The van der Waals surface area contributed by atoms with E-state index in [0.717, 1.165) is 12.1 Å². The van der Waals surface area contributed by atoms with E-state index < -0.39 is 31.3 Å². The van der Waals surface area contributed by atoms with Crippen LogP contribution in [-0.2, 0) is 41.2 Å². The Morgan fingerprint density at radius 3 is 1.58 bits per heavy atom. The van der Waals surface area contributed by atoms with Crippen LogP contribution in [0, 0.1) is 11.6 Å². The molecular weight excluding hydrogens is 417 g/mol. The van der Waals surface area contributed by atoms with Crippen molar-refractivity contribution in [3.63, 3.8) is 0 Å². The number of benzene rings is 2. The molecule has 31 heavy (non-hydrogen) atoms. The fourth-order valence-corrected chi connectivity index (χ4v) is 2.47. The van der Waals surface area contributed by atoms with Gasteiger partial charge in [0.2, 0.25) is 0 Å². The quantitative estimate of drug-likeness (QED) is 0.368. The summed E-state index contributed by atoms with van der Waals surface area (Å²) in [6.45, 7) is -0.164. The zero-order valence-electron chi connectivity index (χ0n) is 17.0. The molecule has 0 spiro atoms. The lowest BCUT2D eigenvalue weighted by Gasteiger charge is -2.12. The summed E-state index contributed by atoms with van der Waals surface area (Å²) in [6, 6.07) is 7.34. The van der Waals surface area contributed by atoms with E-state index in [1.807, 2.05) is 0 Å². The summed E-state index contributed by atoms with van der Waals surface area (Å²) in [4.78, 5) is 24.0. The van der Waals surface area contributed by atoms with E-state index >= 15 is 0 Å². The molecule has 0 radical (unpaired) electrons. The zero-order chi connectivity index (χ0) is 22.6. The summed E-state index contributed by atoms with van der Waals surface area (Å²) < 4.78 is 56.8. The first kappa shape index (κ1) is 24.1. The second-order valence-electron chi connectivity index (χ2n) is 6.11. The van der Waals surface area contributed by atoms with Crippen LogP contribution in [0.2, 0.25) is 0 Å². The average Bonchev–Trinajstić information content (AvgIpc) is 2.72. The lowest BCUT2D eigenvalue weighted by Crippen LogP contribution is -2.19. The van der Waals surface area contributed by atoms with E-state index in [2.05, 4.69) is 0 Å². The predicted molar refractivity (Wildman–Crippen MR) is 105 cm³/mol. The molecule has 0 fully saturated rings. The molecule has 2 rings (SSSR count). The predicted octanol–water partition coefficient (Wildman–Crippen LogP) is 2.07. The molecule has 2 aromatic carbocycles. The number of ether oxygens (including phenoxy) is 4. The number of rotatable bonds is 12. The van der Waals surface area contributed by atoms with Gasteiger partial charge in [-0.3, -0.25) is 9.59 Å². The molecule has 8 nitrogen and oxygen atoms in total. The molecule has 0 bridgehead atoms. The molecule has 0 atom stereocenters. The van der Waals surface area contributed by atoms with Crippen molar-refractivity contribution in [1.82, 2.24) is 0 Å². The molecule has 0 aliphatic carbocycles. The molecule has 0 aliphatic heterocycles. The highest BCUT2D eigenvalue weighted by Gasteiger charge is 2.16. The Morgan fingerprint density at radius 1 is 0.774 bits per heavy atom. The van der Waals surface area contributed by atoms with E-state index in [4.69, 9.17) is 28.3 Å². The maximum absolute atomic E-state index is 13.5. The van der Waals surface area contributed by atoms with E-state index in [1.54, 1.807) is 0 Å². The first-order valence-electron chi connectivity index (χ1n) is 9.04. The van der Waals surface area contributed by atoms with Crippen molar-refractivity contribution in [2.24, 2.45) is 0 Å². The highest BCUT2D eigenvalue weighted by molar-refractivity contribution is 6.26. The number of hydrogen-bond donors (Lipinski definition) is 0. The SMILES string of the molecule is COCOc1ccc(F)cc1CC(=O)OBOC(=O)Cc1cc(F)ccc1OCOC. The Bertz CT molecular complexity index is 822. The summed E-state index contributed by atoms with van der Waals surface area (Å²) in [7, 11) is 2.18. The number of methoxy groups -OCH3 is 2. The van der Waals surface area contributed by atoms with Gasteiger partial charge in [-0.15, -0.1) is 0 Å². The topological polar surface area (TPSA) is 89.5 Å². The maximum Gasteiger partial charge on any atom is 0.580 e. The highest BCUT2D eigenvalue weighted by atomic mass is 19.1. The van der Waals surface area contributed by atoms with Gasteiger partial charge in [0.25, 0.3) is 11.9 Å². The third-order valence-electron chi connectivity index (χ3n) is 3.82. The van der Waals surface area contributed by atoms with Crippen LogP contribution in [0.4, 0.5) is 8.78 Å². The zero-order valence-corrected chi connectivity index (χ0v) is 17.0. The summed E-state index contributed by atoms with van der Waals surface area (Å²) in [5.41, 5.74) is 0.487. The van der Waals surface area contributed by atoms with Gasteiger partial charge in [-0.1, -0.05) is 0 Å². The second-order valence-corrected chi connectivity index (χ2v) is 6.11. The molecule has 0 saturated heterocycles. The third-order valence-corrected chi connectivity index (χ3v) is 3.82. The van der Waals surface area contributed by atoms with E-state index in [-0.39, 0.29) is 49.1 Å². The largest absolute Gasteiger partial charge is 0.580 e. The fraction of sp³-hybridized carbons (Fsp3) is 0.300. The molecular formula is C20H21BF2O8. The van der Waals surface area contributed by atoms with Gasteiger partial charge in [0.15, 0.2) is 13.6 Å². The van der Waals surface area contributed by atoms with Crippen LogP contribution in [0.15, 0.2) is 36.4 Å². The van der Waals surface area contributed by atoms with Gasteiger partial charge in [0, 0.05) is 25.3 Å². The first-order valence-corrected chi connectivity index (χ1v) is 9.04. The summed E-state index contributed by atoms with van der Waals surface area (Å²) in [5.74, 6) is -2.13. The van der Waals surface area contributed by atoms with Crippen molar-refractivity contribution in [3.05, 3.63) is 59.2 Å². The summed E-state index contributed by atoms with van der Waals surface area (Å²) in [5, 5.41) is 0. The highest BCUT2D eigenvalue weighted by Crippen LogP contribution is 2.22. The molecule has 0 saturated carbocycles. The van der Waals surface area contributed by atoms with Crippen LogP contribution < -0.4 is 9.47 Å². The first-order chi connectivity index (χ1) is 14.9. The number of carbonyl (C=O) groups is 2. The number of halogens is 2. The van der Waals surface area contributed by atoms with Crippen molar-refractivity contribution >= 4 is 19.6 Å². The minimum Gasteiger partial charge on any atom is -0.502 e. The average molecular weight is 438 g/mol. The Morgan fingerprint density at radius 2 is 1.19 bits per heavy atom. The molecule has 0 amide bonds. The summed E-state index contributed by atoms with van der Waals surface area (Å²) >= 11 is 0. The number of hydrogen-bond acceptors (Lipinski definition) is 8. The van der Waals surface area contributed by atoms with Crippen molar-refractivity contribution < 1.29 is 46.6 Å². The van der Waals surface area contributed by atoms with Crippen molar-refractivity contribution in [1.29, 1.82) is 0 Å². The van der Waals surface area contributed by atoms with Crippen molar-refractivity contribution in [3.8, 4) is 11.5 Å². The molecule has 2 aromatic rings. The van der Waals surface area contributed by atoms with Gasteiger partial charge in [0.1, 0.15) is 23.1 Å². The summed E-state index contributed by atoms with van der Waals surface area (Å²) in [6.07, 6.45) is -0.624. The van der Waals surface area contributed by atoms with Crippen LogP contribution >= 0.6 is 0 Å². The Labute approximate surface area is 178 Å². The van der Waals surface area contributed by atoms with Crippen molar-refractivity contribution in [2.75, 3.05) is 27.8 Å². The lowest BCUT2D eigenvalue weighted by molar-refractivity contribution is -0.138. The molecule has 0 aliphatic rings. The van der Waals surface area contributed by atoms with Gasteiger partial charge < -0.3 is 28.3 Å². The fourth-order valence-electron chi connectivity index (χ4n) is 2.47. The molecule has 0 heterocycles. The normalized spacial score (nSPS) is 10.3. The van der Waals surface area contributed by atoms with Gasteiger partial charge in [-0.25, -0.2) is 8.78 Å². The van der Waals surface area contributed by atoms with Crippen molar-refractivity contribution in [2.45, 2.75) is 12.8 Å². The monoisotopic (exact) mass is 438 g/mol. The molecule has 166 valence electrons. The third kappa shape index (κ3) is 8.23. The van der Waals surface area contributed by atoms with Gasteiger partial charge >= 0.3 is 7.69 Å². The van der Waals surface area contributed by atoms with Gasteiger partial charge in [-0.2, -0.15) is 0 Å². The molecule has 0 N–H and O–H groups in total. The van der Waals surface area contributed by atoms with Crippen LogP contribution in [-0.4, -0.2) is 47.4 Å².